The molecule has 3 N–H and O–H groups in total. The summed E-state index contributed by atoms with van der Waals surface area (Å²) < 4.78 is 0. The molecule has 1 aliphatic rings. The number of carbonyl (C=O) groups excluding carboxylic acids is 2. The quantitative estimate of drug-likeness (QED) is 0.731. The number of rotatable bonds is 6. The summed E-state index contributed by atoms with van der Waals surface area (Å²) in [6.07, 6.45) is 2.04. The van der Waals surface area contributed by atoms with Crippen LogP contribution in [0.5, 0.6) is 0 Å². The van der Waals surface area contributed by atoms with Crippen molar-refractivity contribution in [2.45, 2.75) is 38.6 Å². The van der Waals surface area contributed by atoms with Crippen LogP contribution in [0.1, 0.15) is 30.9 Å². The molecule has 0 fully saturated rings. The highest BCUT2D eigenvalue weighted by Crippen LogP contribution is 2.24. The molecule has 0 saturated carbocycles. The zero-order valence-corrected chi connectivity index (χ0v) is 11.8. The Hall–Kier alpha value is -2.37. The second-order valence-corrected chi connectivity index (χ2v) is 5.20. The maximum atomic E-state index is 11.5. The van der Waals surface area contributed by atoms with Gasteiger partial charge in [-0.25, -0.2) is 0 Å². The highest BCUT2D eigenvalue weighted by atomic mass is 16.4. The normalized spacial score (nSPS) is 14.2. The summed E-state index contributed by atoms with van der Waals surface area (Å²) in [6.45, 7) is 1.44. The van der Waals surface area contributed by atoms with Crippen LogP contribution in [-0.2, 0) is 27.2 Å². The summed E-state index contributed by atoms with van der Waals surface area (Å²) in [4.78, 5) is 33.4. The molecule has 1 atom stereocenters. The van der Waals surface area contributed by atoms with Crippen molar-refractivity contribution in [1.82, 2.24) is 5.32 Å². The highest BCUT2D eigenvalue weighted by molar-refractivity contribution is 5.99. The van der Waals surface area contributed by atoms with E-state index in [4.69, 9.17) is 5.11 Å². The first-order valence-corrected chi connectivity index (χ1v) is 6.89. The zero-order valence-electron chi connectivity index (χ0n) is 11.8. The fourth-order valence-corrected chi connectivity index (χ4v) is 2.27. The smallest absolute Gasteiger partial charge is 0.325 e. The summed E-state index contributed by atoms with van der Waals surface area (Å²) >= 11 is 0. The number of anilines is 1. The van der Waals surface area contributed by atoms with Crippen molar-refractivity contribution in [3.63, 3.8) is 0 Å². The minimum absolute atomic E-state index is 0.00388. The van der Waals surface area contributed by atoms with Crippen molar-refractivity contribution in [2.75, 3.05) is 5.32 Å². The van der Waals surface area contributed by atoms with E-state index >= 15 is 0 Å². The third kappa shape index (κ3) is 4.05. The molecular weight excluding hydrogens is 272 g/mol. The summed E-state index contributed by atoms with van der Waals surface area (Å²) in [7, 11) is 0. The first-order chi connectivity index (χ1) is 9.95. The van der Waals surface area contributed by atoms with Gasteiger partial charge in [-0.3, -0.25) is 14.4 Å². The molecule has 6 nitrogen and oxygen atoms in total. The minimum Gasteiger partial charge on any atom is -0.480 e. The fourth-order valence-electron chi connectivity index (χ4n) is 2.27. The van der Waals surface area contributed by atoms with Crippen molar-refractivity contribution in [3.8, 4) is 0 Å². The molecule has 6 heteroatoms. The van der Waals surface area contributed by atoms with E-state index in [-0.39, 0.29) is 18.2 Å². The van der Waals surface area contributed by atoms with Crippen LogP contribution in [0.25, 0.3) is 0 Å². The minimum atomic E-state index is -1.04. The van der Waals surface area contributed by atoms with Gasteiger partial charge < -0.3 is 15.7 Å². The van der Waals surface area contributed by atoms with E-state index in [0.717, 1.165) is 23.2 Å². The van der Waals surface area contributed by atoms with Crippen molar-refractivity contribution in [1.29, 1.82) is 0 Å². The van der Waals surface area contributed by atoms with Gasteiger partial charge >= 0.3 is 5.97 Å². The van der Waals surface area contributed by atoms with Crippen LogP contribution in [0.2, 0.25) is 0 Å². The van der Waals surface area contributed by atoms with Gasteiger partial charge in [0.05, 0.1) is 6.42 Å². The van der Waals surface area contributed by atoms with Crippen LogP contribution >= 0.6 is 0 Å². The number of carboxylic acids is 1. The molecule has 0 radical (unpaired) electrons. The summed E-state index contributed by atoms with van der Waals surface area (Å²) in [5, 5.41) is 13.9. The van der Waals surface area contributed by atoms with Crippen molar-refractivity contribution in [3.05, 3.63) is 29.3 Å². The Morgan fingerprint density at radius 3 is 2.90 bits per heavy atom. The molecule has 1 aromatic carbocycles. The van der Waals surface area contributed by atoms with Crippen molar-refractivity contribution >= 4 is 23.5 Å². The lowest BCUT2D eigenvalue weighted by Gasteiger charge is -2.09. The molecule has 1 aliphatic heterocycles. The number of fused-ring (bicyclic) bond motifs is 1. The number of hydrogen-bond acceptors (Lipinski definition) is 3. The number of carbonyl (C=O) groups is 3. The standard InChI is InChI=1S/C15H18N2O4/c1-9(15(20)21)16-13(18)4-2-3-10-5-6-12-11(7-10)8-14(19)17-12/h5-7,9H,2-4,8H2,1H3,(H,16,18)(H,17,19)(H,20,21)/t9-/m1/s1. The van der Waals surface area contributed by atoms with E-state index in [9.17, 15) is 14.4 Å². The number of nitrogens with one attached hydrogen (secondary N) is 2. The van der Waals surface area contributed by atoms with Crippen molar-refractivity contribution < 1.29 is 19.5 Å². The molecular formula is C15H18N2O4. The molecule has 0 spiro atoms. The number of hydrogen-bond donors (Lipinski definition) is 3. The predicted octanol–water partition coefficient (Wildman–Crippen LogP) is 1.09. The van der Waals surface area contributed by atoms with Crippen LogP contribution in [-0.4, -0.2) is 28.9 Å². The van der Waals surface area contributed by atoms with Gasteiger partial charge in [-0.05, 0) is 37.0 Å². The maximum Gasteiger partial charge on any atom is 0.325 e. The van der Waals surface area contributed by atoms with E-state index in [0.29, 0.717) is 12.8 Å². The molecule has 112 valence electrons. The van der Waals surface area contributed by atoms with Gasteiger partial charge in [0.15, 0.2) is 0 Å². The lowest BCUT2D eigenvalue weighted by Crippen LogP contribution is -2.38. The average Bonchev–Trinajstić information content (AvgIpc) is 2.77. The van der Waals surface area contributed by atoms with E-state index in [1.54, 1.807) is 0 Å². The first kappa shape index (κ1) is 15.0. The Balaban J connectivity index is 1.79. The molecule has 0 saturated heterocycles. The lowest BCUT2D eigenvalue weighted by molar-refractivity contribution is -0.141. The van der Waals surface area contributed by atoms with Crippen LogP contribution in [0, 0.1) is 0 Å². The number of carboxylic acid groups (broad SMARTS) is 1. The van der Waals surface area contributed by atoms with Crippen LogP contribution in [0.4, 0.5) is 5.69 Å². The number of aryl methyl sites for hydroxylation is 1. The summed E-state index contributed by atoms with van der Waals surface area (Å²) in [6, 6.07) is 4.92. The summed E-state index contributed by atoms with van der Waals surface area (Å²) in [5.74, 6) is -1.30. The Labute approximate surface area is 122 Å². The van der Waals surface area contributed by atoms with Gasteiger partial charge in [0.25, 0.3) is 0 Å². The van der Waals surface area contributed by atoms with Crippen LogP contribution in [0.3, 0.4) is 0 Å². The van der Waals surface area contributed by atoms with Gasteiger partial charge in [0.2, 0.25) is 11.8 Å². The average molecular weight is 290 g/mol. The number of benzene rings is 1. The largest absolute Gasteiger partial charge is 0.480 e. The molecule has 1 aromatic rings. The first-order valence-electron chi connectivity index (χ1n) is 6.89. The van der Waals surface area contributed by atoms with Crippen LogP contribution < -0.4 is 10.6 Å². The molecule has 0 aliphatic carbocycles. The molecule has 2 amide bonds. The van der Waals surface area contributed by atoms with E-state index < -0.39 is 12.0 Å². The summed E-state index contributed by atoms with van der Waals surface area (Å²) in [5.41, 5.74) is 2.92. The van der Waals surface area contributed by atoms with Gasteiger partial charge in [-0.15, -0.1) is 0 Å². The van der Waals surface area contributed by atoms with E-state index in [1.807, 2.05) is 18.2 Å². The monoisotopic (exact) mass is 290 g/mol. The Morgan fingerprint density at radius 2 is 2.19 bits per heavy atom. The topological polar surface area (TPSA) is 95.5 Å². The number of aliphatic carboxylic acids is 1. The molecule has 2 rings (SSSR count). The van der Waals surface area contributed by atoms with E-state index in [1.165, 1.54) is 6.92 Å². The van der Waals surface area contributed by atoms with Gasteiger partial charge in [0, 0.05) is 12.1 Å². The third-order valence-electron chi connectivity index (χ3n) is 3.41. The zero-order chi connectivity index (χ0) is 15.4. The maximum absolute atomic E-state index is 11.5. The molecule has 1 heterocycles. The second kappa shape index (κ2) is 6.39. The fraction of sp³-hybridized carbons (Fsp3) is 0.400. The second-order valence-electron chi connectivity index (χ2n) is 5.20. The Kier molecular flexibility index (Phi) is 4.57. The van der Waals surface area contributed by atoms with E-state index in [2.05, 4.69) is 10.6 Å². The predicted molar refractivity (Wildman–Crippen MR) is 77.0 cm³/mol. The highest BCUT2D eigenvalue weighted by Gasteiger charge is 2.17. The molecule has 0 aromatic heterocycles. The van der Waals surface area contributed by atoms with Gasteiger partial charge in [0.1, 0.15) is 6.04 Å². The Morgan fingerprint density at radius 1 is 1.43 bits per heavy atom. The number of amides is 2. The van der Waals surface area contributed by atoms with Crippen molar-refractivity contribution in [2.24, 2.45) is 0 Å². The molecule has 0 bridgehead atoms. The molecule has 21 heavy (non-hydrogen) atoms. The van der Waals surface area contributed by atoms with Gasteiger partial charge in [-0.2, -0.15) is 0 Å². The SMILES string of the molecule is C[C@@H](NC(=O)CCCc1ccc2c(c1)CC(=O)N2)C(=O)O. The van der Waals surface area contributed by atoms with Crippen LogP contribution in [0.15, 0.2) is 18.2 Å². The van der Waals surface area contributed by atoms with Gasteiger partial charge in [-0.1, -0.05) is 12.1 Å². The third-order valence-corrected chi connectivity index (χ3v) is 3.41. The Bertz CT molecular complexity index is 583. The molecule has 0 unspecified atom stereocenters. The lowest BCUT2D eigenvalue weighted by atomic mass is 10.0.